The molecule has 0 radical (unpaired) electrons. The summed E-state index contributed by atoms with van der Waals surface area (Å²) >= 11 is 1.41. The number of carbonyl (C=O) groups is 2. The van der Waals surface area contributed by atoms with Gasteiger partial charge in [0.2, 0.25) is 0 Å². The molecule has 3 aromatic rings. The zero-order valence-corrected chi connectivity index (χ0v) is 23.7. The van der Waals surface area contributed by atoms with Gasteiger partial charge in [-0.05, 0) is 59.4 Å². The van der Waals surface area contributed by atoms with Gasteiger partial charge in [-0.25, -0.2) is 9.59 Å². The summed E-state index contributed by atoms with van der Waals surface area (Å²) in [5.74, 6) is -1.51. The van der Waals surface area contributed by atoms with E-state index in [1.54, 1.807) is 36.6 Å². The zero-order chi connectivity index (χ0) is 31.7. The summed E-state index contributed by atoms with van der Waals surface area (Å²) in [7, 11) is 1.14. The van der Waals surface area contributed by atoms with Crippen molar-refractivity contribution in [3.63, 3.8) is 0 Å². The van der Waals surface area contributed by atoms with Gasteiger partial charge in [0.15, 0.2) is 0 Å². The van der Waals surface area contributed by atoms with Gasteiger partial charge in [0.25, 0.3) is 0 Å². The van der Waals surface area contributed by atoms with E-state index in [1.807, 2.05) is 0 Å². The molecular formula is C29H28F6N2O5S. The van der Waals surface area contributed by atoms with Crippen LogP contribution in [0, 0.1) is 0 Å². The number of amides is 2. The van der Waals surface area contributed by atoms with Gasteiger partial charge in [-0.15, -0.1) is 26.3 Å². The number of urea groups is 1. The molecule has 0 fully saturated rings. The number of halogens is 6. The van der Waals surface area contributed by atoms with Crippen molar-refractivity contribution in [2.45, 2.75) is 37.1 Å². The predicted molar refractivity (Wildman–Crippen MR) is 148 cm³/mol. The topological polar surface area (TPSA) is 85.9 Å². The molecule has 0 bridgehead atoms. The van der Waals surface area contributed by atoms with Crippen molar-refractivity contribution in [2.24, 2.45) is 0 Å². The predicted octanol–water partition coefficient (Wildman–Crippen LogP) is 6.56. The van der Waals surface area contributed by atoms with Crippen molar-refractivity contribution in [3.8, 4) is 11.5 Å². The van der Waals surface area contributed by atoms with Crippen LogP contribution in [0.3, 0.4) is 0 Å². The van der Waals surface area contributed by atoms with E-state index in [0.717, 1.165) is 31.4 Å². The number of nitrogens with one attached hydrogen (secondary N) is 2. The Kier molecular flexibility index (Phi) is 11.2. The van der Waals surface area contributed by atoms with Crippen molar-refractivity contribution < 1.29 is 50.1 Å². The third-order valence-corrected chi connectivity index (χ3v) is 6.81. The highest BCUT2D eigenvalue weighted by Gasteiger charge is 2.40. The van der Waals surface area contributed by atoms with E-state index >= 15 is 0 Å². The summed E-state index contributed by atoms with van der Waals surface area (Å²) in [5, 5.41) is 5.27. The summed E-state index contributed by atoms with van der Waals surface area (Å²) in [4.78, 5) is 25.9. The molecule has 0 aliphatic carbocycles. The van der Waals surface area contributed by atoms with Gasteiger partial charge >= 0.3 is 24.7 Å². The van der Waals surface area contributed by atoms with Crippen LogP contribution in [-0.4, -0.2) is 49.9 Å². The molecular weight excluding hydrogens is 602 g/mol. The zero-order valence-electron chi connectivity index (χ0n) is 22.9. The second-order valence-corrected chi connectivity index (χ2v) is 10.2. The second kappa shape index (κ2) is 14.4. The van der Waals surface area contributed by atoms with Crippen LogP contribution in [0.5, 0.6) is 11.5 Å². The van der Waals surface area contributed by atoms with Crippen LogP contribution in [0.25, 0.3) is 0 Å². The minimum absolute atomic E-state index is 0.0381. The number of carbonyl (C=O) groups excluding carboxylic acids is 2. The van der Waals surface area contributed by atoms with E-state index in [2.05, 4.69) is 20.1 Å². The maximum atomic E-state index is 13.6. The van der Waals surface area contributed by atoms with E-state index in [9.17, 15) is 35.9 Å². The Bertz CT molecular complexity index is 1310. The second-order valence-electron chi connectivity index (χ2n) is 9.17. The Morgan fingerprint density at radius 1 is 0.814 bits per heavy atom. The van der Waals surface area contributed by atoms with E-state index < -0.39 is 47.8 Å². The number of esters is 1. The summed E-state index contributed by atoms with van der Waals surface area (Å²) < 4.78 is 91.9. The van der Waals surface area contributed by atoms with Crippen LogP contribution in [0.4, 0.5) is 31.1 Å². The van der Waals surface area contributed by atoms with E-state index in [0.29, 0.717) is 11.3 Å². The number of thioether (sulfide) groups is 1. The molecule has 3 aromatic carbocycles. The van der Waals surface area contributed by atoms with Crippen LogP contribution in [-0.2, 0) is 21.5 Å². The summed E-state index contributed by atoms with van der Waals surface area (Å²) in [6.07, 6.45) is -8.24. The van der Waals surface area contributed by atoms with Gasteiger partial charge in [-0.3, -0.25) is 0 Å². The minimum atomic E-state index is -5.04. The summed E-state index contributed by atoms with van der Waals surface area (Å²) in [6.45, 7) is 0. The van der Waals surface area contributed by atoms with Gasteiger partial charge < -0.3 is 24.8 Å². The molecule has 1 atom stereocenters. The Balaban J connectivity index is 2.22. The first kappa shape index (κ1) is 33.4. The number of rotatable bonds is 12. The number of ether oxygens (including phenoxy) is 3. The van der Waals surface area contributed by atoms with Gasteiger partial charge in [0, 0.05) is 6.42 Å². The molecule has 232 valence electrons. The monoisotopic (exact) mass is 630 g/mol. The lowest BCUT2D eigenvalue weighted by Gasteiger charge is -2.37. The van der Waals surface area contributed by atoms with E-state index in [1.165, 1.54) is 36.0 Å². The molecule has 43 heavy (non-hydrogen) atoms. The van der Waals surface area contributed by atoms with Crippen LogP contribution < -0.4 is 20.1 Å². The van der Waals surface area contributed by atoms with Crippen molar-refractivity contribution in [2.75, 3.05) is 19.1 Å². The molecule has 0 aromatic heterocycles. The Morgan fingerprint density at radius 3 is 1.81 bits per heavy atom. The Hall–Kier alpha value is -4.07. The lowest BCUT2D eigenvalue weighted by molar-refractivity contribution is -0.275. The van der Waals surface area contributed by atoms with Crippen LogP contribution in [0.2, 0.25) is 0 Å². The maximum absolute atomic E-state index is 13.6. The molecule has 0 aliphatic heterocycles. The quantitative estimate of drug-likeness (QED) is 0.174. The number of hydrogen-bond donors (Lipinski definition) is 2. The highest BCUT2D eigenvalue weighted by atomic mass is 32.2. The molecule has 0 saturated heterocycles. The normalized spacial score (nSPS) is 12.7. The smallest absolute Gasteiger partial charge is 0.467 e. The fourth-order valence-electron chi connectivity index (χ4n) is 4.39. The average molecular weight is 631 g/mol. The molecule has 0 spiro atoms. The van der Waals surface area contributed by atoms with Crippen molar-refractivity contribution in [3.05, 3.63) is 95.6 Å². The first-order valence-electron chi connectivity index (χ1n) is 12.7. The molecule has 0 heterocycles. The van der Waals surface area contributed by atoms with E-state index in [-0.39, 0.29) is 24.0 Å². The minimum Gasteiger partial charge on any atom is -0.467 e. The number of hydrogen-bond acceptors (Lipinski definition) is 6. The first-order chi connectivity index (χ1) is 20.2. The highest BCUT2D eigenvalue weighted by Crippen LogP contribution is 2.38. The van der Waals surface area contributed by atoms with Gasteiger partial charge in [0.05, 0.1) is 12.6 Å². The standard InChI is InChI=1S/C29H28F6N2O5S/c1-40-25(38)24(14-15-43-2)36-26(39)37-27(18-19-8-4-3-5-9-19,20-10-6-12-22(16-20)41-28(30,31)32)21-11-7-13-23(17-21)42-29(33,34)35/h3-13,16-17,24H,14-15,18H2,1-2H3,(H2,36,37,39)/t24-/m1/s1. The molecule has 2 N–H and O–H groups in total. The van der Waals surface area contributed by atoms with Gasteiger partial charge in [0.1, 0.15) is 17.5 Å². The molecule has 3 rings (SSSR count). The largest absolute Gasteiger partial charge is 0.573 e. The Morgan fingerprint density at radius 2 is 1.35 bits per heavy atom. The fourth-order valence-corrected chi connectivity index (χ4v) is 4.87. The number of benzene rings is 3. The Labute approximate surface area is 247 Å². The molecule has 14 heteroatoms. The molecule has 0 saturated carbocycles. The third-order valence-electron chi connectivity index (χ3n) is 6.16. The SMILES string of the molecule is COC(=O)[C@@H](CCSC)NC(=O)NC(Cc1ccccc1)(c1cccc(OC(F)(F)F)c1)c1cccc(OC(F)(F)F)c1. The first-order valence-corrected chi connectivity index (χ1v) is 14.1. The lowest BCUT2D eigenvalue weighted by atomic mass is 9.77. The van der Waals surface area contributed by atoms with Gasteiger partial charge in [-0.2, -0.15) is 11.8 Å². The van der Waals surface area contributed by atoms with E-state index in [4.69, 9.17) is 4.74 Å². The van der Waals surface area contributed by atoms with Crippen molar-refractivity contribution >= 4 is 23.8 Å². The fraction of sp³-hybridized carbons (Fsp3) is 0.310. The maximum Gasteiger partial charge on any atom is 0.573 e. The van der Waals surface area contributed by atoms with Crippen molar-refractivity contribution in [1.29, 1.82) is 0 Å². The molecule has 0 unspecified atom stereocenters. The average Bonchev–Trinajstić information content (AvgIpc) is 2.93. The third kappa shape index (κ3) is 10.0. The highest BCUT2D eigenvalue weighted by molar-refractivity contribution is 7.98. The van der Waals surface area contributed by atoms with Crippen LogP contribution >= 0.6 is 11.8 Å². The number of methoxy groups -OCH3 is 1. The van der Waals surface area contributed by atoms with Crippen molar-refractivity contribution in [1.82, 2.24) is 10.6 Å². The molecule has 7 nitrogen and oxygen atoms in total. The lowest BCUT2D eigenvalue weighted by Crippen LogP contribution is -2.55. The molecule has 2 amide bonds. The molecule has 0 aliphatic rings. The van der Waals surface area contributed by atoms with Crippen LogP contribution in [0.1, 0.15) is 23.1 Å². The summed E-state index contributed by atoms with van der Waals surface area (Å²) in [5.41, 5.74) is -1.16. The number of alkyl halides is 6. The van der Waals surface area contributed by atoms with Crippen LogP contribution in [0.15, 0.2) is 78.9 Å². The summed E-state index contributed by atoms with van der Waals surface area (Å²) in [6, 6.07) is 15.9. The van der Waals surface area contributed by atoms with Gasteiger partial charge in [-0.1, -0.05) is 54.6 Å².